The summed E-state index contributed by atoms with van der Waals surface area (Å²) >= 11 is 6.08. The van der Waals surface area contributed by atoms with Gasteiger partial charge in [0.15, 0.2) is 0 Å². The summed E-state index contributed by atoms with van der Waals surface area (Å²) in [6.07, 6.45) is 3.11. The highest BCUT2D eigenvalue weighted by Gasteiger charge is 2.29. The molecule has 1 unspecified atom stereocenters. The van der Waals surface area contributed by atoms with Gasteiger partial charge < -0.3 is 9.47 Å². The summed E-state index contributed by atoms with van der Waals surface area (Å²) in [4.78, 5) is 18.4. The number of rotatable bonds is 1. The van der Waals surface area contributed by atoms with Gasteiger partial charge in [-0.25, -0.2) is 0 Å². The summed E-state index contributed by atoms with van der Waals surface area (Å²) in [5.41, 5.74) is 2.93. The smallest absolute Gasteiger partial charge is 0.256 e. The molecule has 1 amide bonds. The maximum atomic E-state index is 12.7. The van der Waals surface area contributed by atoms with E-state index < -0.39 is 0 Å². The van der Waals surface area contributed by atoms with Crippen LogP contribution in [0, 0.1) is 6.92 Å². The minimum Gasteiger partial charge on any atom is -0.345 e. The summed E-state index contributed by atoms with van der Waals surface area (Å²) < 4.78 is 2.27. The number of pyridine rings is 1. The molecule has 20 heavy (non-hydrogen) atoms. The number of carbonyl (C=O) groups is 1. The van der Waals surface area contributed by atoms with Crippen molar-refractivity contribution in [2.75, 3.05) is 6.54 Å². The molecule has 3 rings (SSSR count). The van der Waals surface area contributed by atoms with E-state index in [1.807, 2.05) is 4.90 Å². The molecule has 5 heteroatoms. The summed E-state index contributed by atoms with van der Waals surface area (Å²) in [6.45, 7) is 5.67. The van der Waals surface area contributed by atoms with Crippen LogP contribution in [0.25, 0.3) is 0 Å². The predicted octanol–water partition coefficient (Wildman–Crippen LogP) is 3.06. The van der Waals surface area contributed by atoms with E-state index in [9.17, 15) is 4.79 Å². The van der Waals surface area contributed by atoms with Crippen LogP contribution in [-0.2, 0) is 6.54 Å². The molecule has 2 aromatic rings. The number of hydrogen-bond donors (Lipinski definition) is 0. The zero-order valence-corrected chi connectivity index (χ0v) is 12.3. The fraction of sp³-hybridized carbons (Fsp3) is 0.333. The first-order valence-electron chi connectivity index (χ1n) is 6.66. The lowest BCUT2D eigenvalue weighted by atomic mass is 10.1. The zero-order chi connectivity index (χ0) is 14.3. The van der Waals surface area contributed by atoms with E-state index in [1.54, 1.807) is 12.3 Å². The number of fused-ring (bicyclic) bond motifs is 1. The standard InChI is InChI=1S/C15H16ClN3O/c1-10-3-4-14-11(2)19(8-7-18(10)14)15(20)12-5-6-17-9-13(12)16/h3-6,9,11H,7-8H2,1-2H3. The molecule has 0 aliphatic carbocycles. The second-order valence-corrected chi connectivity index (χ2v) is 5.49. The average molecular weight is 290 g/mol. The Labute approximate surface area is 123 Å². The molecule has 0 saturated heterocycles. The van der Waals surface area contributed by atoms with Crippen LogP contribution in [0.1, 0.15) is 34.7 Å². The Kier molecular flexibility index (Phi) is 3.26. The van der Waals surface area contributed by atoms with Crippen molar-refractivity contribution in [2.45, 2.75) is 26.4 Å². The number of amides is 1. The third kappa shape index (κ3) is 2.00. The van der Waals surface area contributed by atoms with Crippen molar-refractivity contribution in [1.82, 2.24) is 14.5 Å². The first-order valence-corrected chi connectivity index (χ1v) is 7.04. The monoisotopic (exact) mass is 289 g/mol. The van der Waals surface area contributed by atoms with Gasteiger partial charge in [0.05, 0.1) is 16.6 Å². The molecule has 4 nitrogen and oxygen atoms in total. The molecule has 0 bridgehead atoms. The highest BCUT2D eigenvalue weighted by Crippen LogP contribution is 2.29. The van der Waals surface area contributed by atoms with Crippen LogP contribution in [0.2, 0.25) is 5.02 Å². The van der Waals surface area contributed by atoms with Gasteiger partial charge in [-0.1, -0.05) is 11.6 Å². The molecule has 1 atom stereocenters. The van der Waals surface area contributed by atoms with E-state index >= 15 is 0 Å². The van der Waals surface area contributed by atoms with Crippen molar-refractivity contribution < 1.29 is 4.79 Å². The summed E-state index contributed by atoms with van der Waals surface area (Å²) in [5, 5.41) is 0.404. The van der Waals surface area contributed by atoms with Gasteiger partial charge in [0.25, 0.3) is 5.91 Å². The predicted molar refractivity (Wildman–Crippen MR) is 77.9 cm³/mol. The molecule has 0 aromatic carbocycles. The minimum absolute atomic E-state index is 0.0324. The second-order valence-electron chi connectivity index (χ2n) is 5.08. The lowest BCUT2D eigenvalue weighted by Gasteiger charge is -2.35. The number of nitrogens with zero attached hydrogens (tertiary/aromatic N) is 3. The van der Waals surface area contributed by atoms with Gasteiger partial charge in [-0.2, -0.15) is 0 Å². The Balaban J connectivity index is 1.93. The van der Waals surface area contributed by atoms with Crippen LogP contribution in [0.5, 0.6) is 0 Å². The molecule has 0 spiro atoms. The third-order valence-corrected chi connectivity index (χ3v) is 4.26. The first kappa shape index (κ1) is 13.2. The zero-order valence-electron chi connectivity index (χ0n) is 11.5. The molecular weight excluding hydrogens is 274 g/mol. The van der Waals surface area contributed by atoms with Gasteiger partial charge in [0.2, 0.25) is 0 Å². The number of carbonyl (C=O) groups excluding carboxylic acids is 1. The third-order valence-electron chi connectivity index (χ3n) is 3.96. The number of aryl methyl sites for hydroxylation is 1. The van der Waals surface area contributed by atoms with Gasteiger partial charge in [-0.05, 0) is 32.0 Å². The summed E-state index contributed by atoms with van der Waals surface area (Å²) in [5.74, 6) is -0.0324. The molecule has 2 aromatic heterocycles. The van der Waals surface area contributed by atoms with Gasteiger partial charge in [-0.15, -0.1) is 0 Å². The number of halogens is 1. The fourth-order valence-corrected chi connectivity index (χ4v) is 3.00. The number of hydrogen-bond acceptors (Lipinski definition) is 2. The molecule has 1 aliphatic heterocycles. The quantitative estimate of drug-likeness (QED) is 0.809. The van der Waals surface area contributed by atoms with Crippen molar-refractivity contribution in [2.24, 2.45) is 0 Å². The lowest BCUT2D eigenvalue weighted by Crippen LogP contribution is -2.41. The van der Waals surface area contributed by atoms with Gasteiger partial charge in [-0.3, -0.25) is 9.78 Å². The largest absolute Gasteiger partial charge is 0.345 e. The molecular formula is C15H16ClN3O. The van der Waals surface area contributed by atoms with E-state index in [2.05, 4.69) is 35.5 Å². The van der Waals surface area contributed by atoms with Gasteiger partial charge in [0.1, 0.15) is 0 Å². The Hall–Kier alpha value is -1.81. The van der Waals surface area contributed by atoms with Crippen LogP contribution >= 0.6 is 11.6 Å². The number of aromatic nitrogens is 2. The van der Waals surface area contributed by atoms with Crippen molar-refractivity contribution >= 4 is 17.5 Å². The maximum absolute atomic E-state index is 12.7. The summed E-state index contributed by atoms with van der Waals surface area (Å²) in [6, 6.07) is 5.91. The van der Waals surface area contributed by atoms with Crippen molar-refractivity contribution in [1.29, 1.82) is 0 Å². The maximum Gasteiger partial charge on any atom is 0.256 e. The molecule has 1 aliphatic rings. The van der Waals surface area contributed by atoms with Crippen LogP contribution in [0.3, 0.4) is 0 Å². The Morgan fingerprint density at radius 1 is 1.35 bits per heavy atom. The molecule has 104 valence electrons. The van der Waals surface area contributed by atoms with Crippen molar-refractivity contribution in [3.63, 3.8) is 0 Å². The van der Waals surface area contributed by atoms with Crippen molar-refractivity contribution in [3.05, 3.63) is 52.6 Å². The van der Waals surface area contributed by atoms with E-state index in [0.29, 0.717) is 17.1 Å². The molecule has 0 radical (unpaired) electrons. The fourth-order valence-electron chi connectivity index (χ4n) is 2.80. The van der Waals surface area contributed by atoms with Crippen LogP contribution < -0.4 is 0 Å². The van der Waals surface area contributed by atoms with Crippen LogP contribution in [0.4, 0.5) is 0 Å². The average Bonchev–Trinajstić information content (AvgIpc) is 2.82. The SMILES string of the molecule is Cc1ccc2n1CCN(C(=O)c1ccncc1Cl)C2C. The van der Waals surface area contributed by atoms with Gasteiger partial charge >= 0.3 is 0 Å². The van der Waals surface area contributed by atoms with Crippen LogP contribution in [0.15, 0.2) is 30.6 Å². The summed E-state index contributed by atoms with van der Waals surface area (Å²) in [7, 11) is 0. The van der Waals surface area contributed by atoms with E-state index in [0.717, 1.165) is 6.54 Å². The minimum atomic E-state index is -0.0324. The highest BCUT2D eigenvalue weighted by molar-refractivity contribution is 6.33. The normalized spacial score (nSPS) is 17.9. The lowest BCUT2D eigenvalue weighted by molar-refractivity contribution is 0.0643. The van der Waals surface area contributed by atoms with E-state index in [-0.39, 0.29) is 11.9 Å². The van der Waals surface area contributed by atoms with Gasteiger partial charge in [0, 0.05) is 36.9 Å². The van der Waals surface area contributed by atoms with E-state index in [4.69, 9.17) is 11.6 Å². The topological polar surface area (TPSA) is 38.1 Å². The molecule has 0 fully saturated rings. The highest BCUT2D eigenvalue weighted by atomic mass is 35.5. The molecule has 3 heterocycles. The Bertz CT molecular complexity index is 665. The van der Waals surface area contributed by atoms with Crippen molar-refractivity contribution in [3.8, 4) is 0 Å². The first-order chi connectivity index (χ1) is 9.59. The second kappa shape index (κ2) is 4.94. The Morgan fingerprint density at radius 2 is 2.15 bits per heavy atom. The Morgan fingerprint density at radius 3 is 2.90 bits per heavy atom. The molecule has 0 saturated carbocycles. The van der Waals surface area contributed by atoms with E-state index in [1.165, 1.54) is 17.6 Å². The molecule has 0 N–H and O–H groups in total. The van der Waals surface area contributed by atoms with Crippen LogP contribution in [-0.4, -0.2) is 26.9 Å².